The average molecular weight is 310 g/mol. The number of aliphatic hydroxyl groups is 1. The molecule has 3 rings (SSSR count). The summed E-state index contributed by atoms with van der Waals surface area (Å²) >= 11 is 0. The van der Waals surface area contributed by atoms with Gasteiger partial charge in [0.15, 0.2) is 5.69 Å². The average Bonchev–Trinajstić information content (AvgIpc) is 3.04. The van der Waals surface area contributed by atoms with E-state index in [4.69, 9.17) is 0 Å². The second kappa shape index (κ2) is 5.40. The number of H-pyrrole nitrogens is 1. The summed E-state index contributed by atoms with van der Waals surface area (Å²) in [4.78, 5) is 1.78. The lowest BCUT2D eigenvalue weighted by molar-refractivity contribution is -0.142. The Morgan fingerprint density at radius 2 is 2.05 bits per heavy atom. The van der Waals surface area contributed by atoms with E-state index in [-0.39, 0.29) is 18.2 Å². The van der Waals surface area contributed by atoms with Gasteiger partial charge in [0.1, 0.15) is 0 Å². The molecular formula is C15H15F3N3O. The van der Waals surface area contributed by atoms with E-state index in [9.17, 15) is 18.3 Å². The maximum absolute atomic E-state index is 12.8. The minimum absolute atomic E-state index is 0.0196. The molecule has 0 fully saturated rings. The van der Waals surface area contributed by atoms with Crippen molar-refractivity contribution in [2.24, 2.45) is 0 Å². The number of hydrogen-bond donors (Lipinski definition) is 2. The third-order valence-electron chi connectivity index (χ3n) is 4.03. The molecule has 0 bridgehead atoms. The van der Waals surface area contributed by atoms with Gasteiger partial charge < -0.3 is 5.11 Å². The number of aliphatic hydroxyl groups excluding tert-OH is 1. The van der Waals surface area contributed by atoms with Crippen LogP contribution in [0.25, 0.3) is 0 Å². The van der Waals surface area contributed by atoms with Crippen molar-refractivity contribution in [2.45, 2.75) is 31.3 Å². The summed E-state index contributed by atoms with van der Waals surface area (Å²) in [6, 6.07) is 7.32. The van der Waals surface area contributed by atoms with Crippen molar-refractivity contribution in [1.29, 1.82) is 0 Å². The normalized spacial score (nSPS) is 21.4. The van der Waals surface area contributed by atoms with E-state index in [1.54, 1.807) is 11.9 Å². The first kappa shape index (κ1) is 15.1. The van der Waals surface area contributed by atoms with Crippen molar-refractivity contribution in [3.8, 4) is 0 Å². The number of aromatic nitrogens is 2. The first-order chi connectivity index (χ1) is 10.4. The summed E-state index contributed by atoms with van der Waals surface area (Å²) < 4.78 is 38.5. The molecule has 0 spiro atoms. The fraction of sp³-hybridized carbons (Fsp3) is 0.400. The Morgan fingerprint density at radius 1 is 1.36 bits per heavy atom. The van der Waals surface area contributed by atoms with Gasteiger partial charge >= 0.3 is 6.18 Å². The SMILES string of the molecule is CN(Cc1[c][nH]nc1C(F)(F)F)C1CC(O)c2ccccc21. The standard InChI is InChI=1S/C15H15F3N3O/c1-21(8-9-7-19-20-14(9)15(16,17)18)12-6-13(22)11-5-3-2-4-10(11)12/h2-5,12-13,22H,6,8H2,1H3,(H,19,20). The molecule has 4 nitrogen and oxygen atoms in total. The van der Waals surface area contributed by atoms with Crippen LogP contribution >= 0.6 is 0 Å². The van der Waals surface area contributed by atoms with Gasteiger partial charge in [-0.15, -0.1) is 0 Å². The second-order valence-corrected chi connectivity index (χ2v) is 5.48. The molecule has 1 aromatic heterocycles. The molecule has 117 valence electrons. The van der Waals surface area contributed by atoms with Crippen molar-refractivity contribution in [3.63, 3.8) is 0 Å². The van der Waals surface area contributed by atoms with Crippen molar-refractivity contribution >= 4 is 0 Å². The summed E-state index contributed by atoms with van der Waals surface area (Å²) in [7, 11) is 1.74. The summed E-state index contributed by atoms with van der Waals surface area (Å²) in [5.41, 5.74) is 0.834. The molecular weight excluding hydrogens is 295 g/mol. The molecule has 1 heterocycles. The Morgan fingerprint density at radius 3 is 2.73 bits per heavy atom. The van der Waals surface area contributed by atoms with Crippen LogP contribution in [0.3, 0.4) is 0 Å². The van der Waals surface area contributed by atoms with Crippen LogP contribution in [0.2, 0.25) is 0 Å². The molecule has 1 aliphatic rings. The lowest BCUT2D eigenvalue weighted by atomic mass is 10.1. The summed E-state index contributed by atoms with van der Waals surface area (Å²) in [6.45, 7) is 0.0526. The van der Waals surface area contributed by atoms with Gasteiger partial charge in [-0.3, -0.25) is 10.00 Å². The van der Waals surface area contributed by atoms with E-state index < -0.39 is 18.0 Å². The van der Waals surface area contributed by atoms with Crippen molar-refractivity contribution in [3.05, 3.63) is 52.8 Å². The van der Waals surface area contributed by atoms with Crippen molar-refractivity contribution < 1.29 is 18.3 Å². The molecule has 7 heteroatoms. The van der Waals surface area contributed by atoms with Gasteiger partial charge in [0.05, 0.1) is 12.3 Å². The zero-order valence-electron chi connectivity index (χ0n) is 11.9. The van der Waals surface area contributed by atoms with Crippen LogP contribution in [0.5, 0.6) is 0 Å². The number of rotatable bonds is 3. The maximum Gasteiger partial charge on any atom is 0.435 e. The van der Waals surface area contributed by atoms with E-state index >= 15 is 0 Å². The predicted octanol–water partition coefficient (Wildman–Crippen LogP) is 2.84. The van der Waals surface area contributed by atoms with E-state index in [0.29, 0.717) is 6.42 Å². The highest BCUT2D eigenvalue weighted by molar-refractivity contribution is 5.36. The van der Waals surface area contributed by atoms with Crippen LogP contribution in [0, 0.1) is 6.20 Å². The quantitative estimate of drug-likeness (QED) is 0.916. The third-order valence-corrected chi connectivity index (χ3v) is 4.03. The molecule has 0 amide bonds. The molecule has 0 saturated heterocycles. The Bertz CT molecular complexity index is 668. The summed E-state index contributed by atoms with van der Waals surface area (Å²) in [6.07, 6.45) is -2.18. The second-order valence-electron chi connectivity index (χ2n) is 5.48. The Kier molecular flexibility index (Phi) is 3.70. The molecule has 0 aliphatic heterocycles. The predicted molar refractivity (Wildman–Crippen MR) is 72.7 cm³/mol. The fourth-order valence-electron chi connectivity index (χ4n) is 2.99. The van der Waals surface area contributed by atoms with E-state index in [0.717, 1.165) is 11.1 Å². The number of alkyl halides is 3. The first-order valence-corrected chi connectivity index (χ1v) is 6.87. The highest BCUT2D eigenvalue weighted by Crippen LogP contribution is 2.42. The van der Waals surface area contributed by atoms with Crippen LogP contribution in [0.15, 0.2) is 24.3 Å². The minimum Gasteiger partial charge on any atom is -0.388 e. The highest BCUT2D eigenvalue weighted by atomic mass is 19.4. The lowest BCUT2D eigenvalue weighted by Crippen LogP contribution is -2.24. The van der Waals surface area contributed by atoms with Crippen LogP contribution in [0.1, 0.15) is 41.0 Å². The number of nitrogens with one attached hydrogen (secondary N) is 1. The molecule has 2 atom stereocenters. The van der Waals surface area contributed by atoms with Gasteiger partial charge in [0.25, 0.3) is 0 Å². The van der Waals surface area contributed by atoms with Gasteiger partial charge in [-0.2, -0.15) is 18.3 Å². The van der Waals surface area contributed by atoms with Gasteiger partial charge in [-0.25, -0.2) is 0 Å². The smallest absolute Gasteiger partial charge is 0.388 e. The highest BCUT2D eigenvalue weighted by Gasteiger charge is 2.38. The number of hydrogen-bond acceptors (Lipinski definition) is 3. The number of benzene rings is 1. The molecule has 1 radical (unpaired) electrons. The largest absolute Gasteiger partial charge is 0.435 e. The zero-order valence-corrected chi connectivity index (χ0v) is 11.9. The molecule has 0 saturated carbocycles. The van der Waals surface area contributed by atoms with Crippen molar-refractivity contribution in [1.82, 2.24) is 15.1 Å². The Hall–Kier alpha value is -1.86. The number of halogens is 3. The van der Waals surface area contributed by atoms with Crippen LogP contribution in [0.4, 0.5) is 13.2 Å². The number of aromatic amines is 1. The molecule has 2 unspecified atom stereocenters. The monoisotopic (exact) mass is 310 g/mol. The van der Waals surface area contributed by atoms with Crippen LogP contribution < -0.4 is 0 Å². The molecule has 1 aromatic carbocycles. The maximum atomic E-state index is 12.8. The first-order valence-electron chi connectivity index (χ1n) is 6.87. The molecule has 22 heavy (non-hydrogen) atoms. The molecule has 2 N–H and O–H groups in total. The minimum atomic E-state index is -4.50. The zero-order chi connectivity index (χ0) is 15.9. The summed E-state index contributed by atoms with van der Waals surface area (Å²) in [5.74, 6) is 0. The fourth-order valence-corrected chi connectivity index (χ4v) is 2.99. The van der Waals surface area contributed by atoms with Crippen LogP contribution in [-0.2, 0) is 12.7 Å². The van der Waals surface area contributed by atoms with E-state index in [1.165, 1.54) is 0 Å². The molecule has 2 aromatic rings. The van der Waals surface area contributed by atoms with Gasteiger partial charge in [-0.05, 0) is 24.6 Å². The lowest BCUT2D eigenvalue weighted by Gasteiger charge is -2.25. The number of fused-ring (bicyclic) bond motifs is 1. The topological polar surface area (TPSA) is 52.2 Å². The van der Waals surface area contributed by atoms with E-state index in [1.807, 2.05) is 24.3 Å². The molecule has 1 aliphatic carbocycles. The Balaban J connectivity index is 1.82. The van der Waals surface area contributed by atoms with Gasteiger partial charge in [-0.1, -0.05) is 24.3 Å². The van der Waals surface area contributed by atoms with E-state index in [2.05, 4.69) is 16.4 Å². The van der Waals surface area contributed by atoms with Crippen molar-refractivity contribution in [2.75, 3.05) is 7.05 Å². The Labute approximate surface area is 125 Å². The summed E-state index contributed by atoms with van der Waals surface area (Å²) in [5, 5.41) is 15.5. The van der Waals surface area contributed by atoms with Crippen LogP contribution in [-0.4, -0.2) is 27.3 Å². The van der Waals surface area contributed by atoms with Gasteiger partial charge in [0, 0.05) is 18.2 Å². The number of nitrogens with zero attached hydrogens (tertiary/aromatic N) is 2. The third kappa shape index (κ3) is 2.62. The van der Waals surface area contributed by atoms with Gasteiger partial charge in [0.2, 0.25) is 0 Å².